The Morgan fingerprint density at radius 3 is 2.88 bits per heavy atom. The number of rotatable bonds is 4. The molecule has 0 saturated heterocycles. The first kappa shape index (κ1) is 13.3. The maximum Gasteiger partial charge on any atom is 0.0837 e. The number of nitrogens with zero attached hydrogens (tertiary/aromatic N) is 2. The summed E-state index contributed by atoms with van der Waals surface area (Å²) in [6, 6.07) is 2.29. The minimum Gasteiger partial charge on any atom is -0.305 e. The van der Waals surface area contributed by atoms with Gasteiger partial charge in [-0.05, 0) is 46.1 Å². The third kappa shape index (κ3) is 2.83. The van der Waals surface area contributed by atoms with Gasteiger partial charge in [0.15, 0.2) is 0 Å². The highest BCUT2D eigenvalue weighted by molar-refractivity contribution is 14.1. The number of aromatic nitrogens is 2. The Morgan fingerprint density at radius 2 is 2.41 bits per heavy atom. The van der Waals surface area contributed by atoms with Crippen LogP contribution in [0.2, 0.25) is 5.02 Å². The van der Waals surface area contributed by atoms with Gasteiger partial charge in [0.2, 0.25) is 0 Å². The molecular formula is C11H13ClIN3S. The van der Waals surface area contributed by atoms with Crippen LogP contribution in [0.5, 0.6) is 0 Å². The zero-order valence-electron chi connectivity index (χ0n) is 9.58. The van der Waals surface area contributed by atoms with Crippen LogP contribution in [0.4, 0.5) is 0 Å². The van der Waals surface area contributed by atoms with Crippen molar-refractivity contribution in [1.82, 2.24) is 15.1 Å². The fraction of sp³-hybridized carbons (Fsp3) is 0.364. The Morgan fingerprint density at radius 1 is 1.65 bits per heavy atom. The molecule has 0 aromatic carbocycles. The summed E-state index contributed by atoms with van der Waals surface area (Å²) in [5, 5.41) is 10.5. The molecule has 2 heterocycles. The van der Waals surface area contributed by atoms with E-state index in [4.69, 9.17) is 11.6 Å². The second kappa shape index (κ2) is 5.69. The van der Waals surface area contributed by atoms with Crippen molar-refractivity contribution in [3.8, 4) is 0 Å². The minimum atomic E-state index is 0.111. The molecular weight excluding hydrogens is 369 g/mol. The molecule has 17 heavy (non-hydrogen) atoms. The third-order valence-electron chi connectivity index (χ3n) is 2.54. The van der Waals surface area contributed by atoms with E-state index in [2.05, 4.69) is 51.4 Å². The lowest BCUT2D eigenvalue weighted by Crippen LogP contribution is -2.24. The topological polar surface area (TPSA) is 29.9 Å². The molecule has 0 aliphatic rings. The van der Waals surface area contributed by atoms with Crippen molar-refractivity contribution in [2.75, 3.05) is 6.54 Å². The Labute approximate surface area is 123 Å². The second-order valence-electron chi connectivity index (χ2n) is 3.68. The first-order chi connectivity index (χ1) is 8.13. The molecule has 3 nitrogen and oxygen atoms in total. The van der Waals surface area contributed by atoms with E-state index in [0.29, 0.717) is 5.02 Å². The van der Waals surface area contributed by atoms with Crippen LogP contribution < -0.4 is 5.32 Å². The standard InChI is InChI=1S/C11H13ClIN3S/c1-3-14-10(7-4-9(13)17-6-7)11-8(12)5-15-16(11)2/h4-6,10,14H,3H2,1-2H3. The van der Waals surface area contributed by atoms with Crippen LogP contribution in [0.25, 0.3) is 0 Å². The van der Waals surface area contributed by atoms with Crippen molar-refractivity contribution in [1.29, 1.82) is 0 Å². The van der Waals surface area contributed by atoms with Gasteiger partial charge in [-0.1, -0.05) is 18.5 Å². The van der Waals surface area contributed by atoms with E-state index in [1.54, 1.807) is 17.5 Å². The van der Waals surface area contributed by atoms with Gasteiger partial charge in [-0.3, -0.25) is 4.68 Å². The molecule has 0 aliphatic carbocycles. The number of nitrogens with one attached hydrogen (secondary N) is 1. The first-order valence-corrected chi connectivity index (χ1v) is 7.61. The number of hydrogen-bond acceptors (Lipinski definition) is 3. The van der Waals surface area contributed by atoms with Gasteiger partial charge in [0.05, 0.1) is 25.8 Å². The van der Waals surface area contributed by atoms with E-state index in [1.807, 2.05) is 11.7 Å². The summed E-state index contributed by atoms with van der Waals surface area (Å²) in [5.41, 5.74) is 2.26. The van der Waals surface area contributed by atoms with Crippen LogP contribution in [0.15, 0.2) is 17.6 Å². The van der Waals surface area contributed by atoms with Crippen molar-refractivity contribution in [3.63, 3.8) is 0 Å². The Balaban J connectivity index is 2.42. The average Bonchev–Trinajstić information content (AvgIpc) is 2.84. The van der Waals surface area contributed by atoms with E-state index in [9.17, 15) is 0 Å². The summed E-state index contributed by atoms with van der Waals surface area (Å²) in [7, 11) is 1.92. The molecule has 6 heteroatoms. The minimum absolute atomic E-state index is 0.111. The van der Waals surface area contributed by atoms with Crippen LogP contribution in [0, 0.1) is 2.88 Å². The molecule has 1 atom stereocenters. The van der Waals surface area contributed by atoms with Crippen molar-refractivity contribution >= 4 is 45.5 Å². The molecule has 2 aromatic heterocycles. The molecule has 1 N–H and O–H groups in total. The van der Waals surface area contributed by atoms with Crippen LogP contribution in [0.1, 0.15) is 24.2 Å². The first-order valence-electron chi connectivity index (χ1n) is 5.28. The van der Waals surface area contributed by atoms with Gasteiger partial charge in [-0.25, -0.2) is 0 Å². The fourth-order valence-corrected chi connectivity index (χ4v) is 3.47. The maximum absolute atomic E-state index is 6.21. The molecule has 92 valence electrons. The molecule has 0 spiro atoms. The number of hydrogen-bond donors (Lipinski definition) is 1. The largest absolute Gasteiger partial charge is 0.305 e. The lowest BCUT2D eigenvalue weighted by Gasteiger charge is -2.17. The smallest absolute Gasteiger partial charge is 0.0837 e. The monoisotopic (exact) mass is 381 g/mol. The van der Waals surface area contributed by atoms with E-state index in [-0.39, 0.29) is 6.04 Å². The highest BCUT2D eigenvalue weighted by atomic mass is 127. The van der Waals surface area contributed by atoms with Crippen LogP contribution >= 0.6 is 45.5 Å². The van der Waals surface area contributed by atoms with E-state index in [1.165, 1.54) is 8.45 Å². The fourth-order valence-electron chi connectivity index (χ4n) is 1.80. The summed E-state index contributed by atoms with van der Waals surface area (Å²) in [4.78, 5) is 0. The van der Waals surface area contributed by atoms with Crippen molar-refractivity contribution < 1.29 is 0 Å². The summed E-state index contributed by atoms with van der Waals surface area (Å²) >= 11 is 10.3. The van der Waals surface area contributed by atoms with Gasteiger partial charge in [-0.2, -0.15) is 5.10 Å². The van der Waals surface area contributed by atoms with E-state index < -0.39 is 0 Å². The quantitative estimate of drug-likeness (QED) is 0.822. The Bertz CT molecular complexity index is 489. The van der Waals surface area contributed by atoms with E-state index >= 15 is 0 Å². The predicted octanol–water partition coefficient (Wildman–Crippen LogP) is 3.44. The number of thiophene rings is 1. The summed E-state index contributed by atoms with van der Waals surface area (Å²) in [5.74, 6) is 0. The van der Waals surface area contributed by atoms with E-state index in [0.717, 1.165) is 12.2 Å². The Hall–Kier alpha value is -0.110. The molecule has 0 saturated carbocycles. The highest BCUT2D eigenvalue weighted by Gasteiger charge is 2.21. The Kier molecular flexibility index (Phi) is 4.46. The summed E-state index contributed by atoms with van der Waals surface area (Å²) in [6.45, 7) is 2.98. The molecule has 0 fully saturated rings. The second-order valence-corrected chi connectivity index (χ2v) is 6.89. The van der Waals surface area contributed by atoms with Gasteiger partial charge in [0.25, 0.3) is 0 Å². The highest BCUT2D eigenvalue weighted by Crippen LogP contribution is 2.30. The zero-order chi connectivity index (χ0) is 12.4. The van der Waals surface area contributed by atoms with Gasteiger partial charge in [0, 0.05) is 7.05 Å². The lowest BCUT2D eigenvalue weighted by atomic mass is 10.1. The molecule has 0 bridgehead atoms. The third-order valence-corrected chi connectivity index (χ3v) is 4.64. The molecule has 2 rings (SSSR count). The maximum atomic E-state index is 6.21. The molecule has 1 unspecified atom stereocenters. The predicted molar refractivity (Wildman–Crippen MR) is 80.8 cm³/mol. The lowest BCUT2D eigenvalue weighted by molar-refractivity contribution is 0.574. The van der Waals surface area contributed by atoms with Gasteiger partial charge < -0.3 is 5.32 Å². The SMILES string of the molecule is CCNC(c1csc(I)c1)c1c(Cl)cnn1C. The van der Waals surface area contributed by atoms with Gasteiger partial charge >= 0.3 is 0 Å². The van der Waals surface area contributed by atoms with Crippen LogP contribution in [-0.4, -0.2) is 16.3 Å². The average molecular weight is 382 g/mol. The van der Waals surface area contributed by atoms with Gasteiger partial charge in [-0.15, -0.1) is 11.3 Å². The van der Waals surface area contributed by atoms with Gasteiger partial charge in [0.1, 0.15) is 0 Å². The summed E-state index contributed by atoms with van der Waals surface area (Å²) in [6.07, 6.45) is 1.69. The van der Waals surface area contributed by atoms with Crippen molar-refractivity contribution in [3.05, 3.63) is 36.8 Å². The molecule has 0 aliphatic heterocycles. The van der Waals surface area contributed by atoms with Crippen molar-refractivity contribution in [2.45, 2.75) is 13.0 Å². The normalized spacial score (nSPS) is 12.9. The van der Waals surface area contributed by atoms with Crippen molar-refractivity contribution in [2.24, 2.45) is 7.05 Å². The van der Waals surface area contributed by atoms with Crippen LogP contribution in [0.3, 0.4) is 0 Å². The zero-order valence-corrected chi connectivity index (χ0v) is 13.3. The number of aryl methyl sites for hydroxylation is 1. The number of halogens is 2. The molecule has 0 radical (unpaired) electrons. The molecule has 0 amide bonds. The molecule has 2 aromatic rings. The summed E-state index contributed by atoms with van der Waals surface area (Å²) < 4.78 is 3.11. The van der Waals surface area contributed by atoms with Crippen LogP contribution in [-0.2, 0) is 7.05 Å².